The van der Waals surface area contributed by atoms with E-state index in [0.717, 1.165) is 19.3 Å². The molecule has 4 rings (SSSR count). The van der Waals surface area contributed by atoms with Crippen molar-refractivity contribution in [1.82, 2.24) is 0 Å². The molecule has 2 saturated carbocycles. The molecule has 1 aromatic carbocycles. The van der Waals surface area contributed by atoms with Crippen LogP contribution in [-0.2, 0) is 25.3 Å². The zero-order valence-corrected chi connectivity index (χ0v) is 20.4. The third-order valence-electron chi connectivity index (χ3n) is 8.12. The van der Waals surface area contributed by atoms with E-state index in [-0.39, 0.29) is 34.9 Å². The van der Waals surface area contributed by atoms with Crippen molar-refractivity contribution in [3.8, 4) is 0 Å². The summed E-state index contributed by atoms with van der Waals surface area (Å²) in [5, 5.41) is 0.114. The molecule has 5 heteroatoms. The van der Waals surface area contributed by atoms with Crippen LogP contribution >= 0.6 is 0 Å². The van der Waals surface area contributed by atoms with E-state index in [2.05, 4.69) is 46.0 Å². The van der Waals surface area contributed by atoms with E-state index in [1.165, 1.54) is 5.56 Å². The van der Waals surface area contributed by atoms with Crippen LogP contribution in [0.25, 0.3) is 0 Å². The van der Waals surface area contributed by atoms with Crippen molar-refractivity contribution in [3.63, 3.8) is 0 Å². The molecule has 6 atom stereocenters. The summed E-state index contributed by atoms with van der Waals surface area (Å²) in [5.41, 5.74) is 1.19. The van der Waals surface area contributed by atoms with E-state index in [1.807, 2.05) is 18.2 Å². The number of ether oxygens (including phenoxy) is 2. The number of carbonyl (C=O) groups is 1. The van der Waals surface area contributed by atoms with Crippen LogP contribution in [0.4, 0.5) is 0 Å². The Bertz CT molecular complexity index is 771. The predicted molar refractivity (Wildman–Crippen MR) is 121 cm³/mol. The maximum absolute atomic E-state index is 12.8. The zero-order chi connectivity index (χ0) is 21.7. The van der Waals surface area contributed by atoms with Gasteiger partial charge in [0.25, 0.3) is 0 Å². The van der Waals surface area contributed by atoms with E-state index < -0.39 is 14.1 Å². The molecule has 0 N–H and O–H groups in total. The van der Waals surface area contributed by atoms with Gasteiger partial charge < -0.3 is 13.9 Å². The molecule has 1 aliphatic heterocycles. The summed E-state index contributed by atoms with van der Waals surface area (Å²) in [5.74, 6) is 0.224. The lowest BCUT2D eigenvalue weighted by Crippen LogP contribution is -2.54. The van der Waals surface area contributed by atoms with Gasteiger partial charge >= 0.3 is 0 Å². The van der Waals surface area contributed by atoms with Gasteiger partial charge in [-0.15, -0.1) is 0 Å². The van der Waals surface area contributed by atoms with Crippen molar-refractivity contribution in [3.05, 3.63) is 35.9 Å². The quantitative estimate of drug-likeness (QED) is 0.542. The number of hydrogen-bond donors (Lipinski definition) is 0. The molecule has 0 spiro atoms. The lowest BCUT2D eigenvalue weighted by atomic mass is 9.62. The molecule has 166 valence electrons. The number of fused-ring (bicyclic) bond motifs is 1. The van der Waals surface area contributed by atoms with Crippen LogP contribution in [0, 0.1) is 17.8 Å². The third kappa shape index (κ3) is 4.06. The second-order valence-corrected chi connectivity index (χ2v) is 15.9. The van der Waals surface area contributed by atoms with Crippen LogP contribution in [0.5, 0.6) is 0 Å². The summed E-state index contributed by atoms with van der Waals surface area (Å²) >= 11 is 0. The normalized spacial score (nSPS) is 36.0. The first-order valence-electron chi connectivity index (χ1n) is 11.6. The molecule has 0 aromatic heterocycles. The minimum Gasteiger partial charge on any atom is -0.390 e. The molecule has 2 bridgehead atoms. The first-order valence-corrected chi connectivity index (χ1v) is 14.5. The zero-order valence-electron chi connectivity index (χ0n) is 19.4. The molecule has 4 nitrogen and oxygen atoms in total. The molecule has 2 aliphatic carbocycles. The summed E-state index contributed by atoms with van der Waals surface area (Å²) in [6, 6.07) is 10.3. The lowest BCUT2D eigenvalue weighted by molar-refractivity contribution is -0.191. The van der Waals surface area contributed by atoms with Crippen LogP contribution in [0.15, 0.2) is 30.3 Å². The fraction of sp³-hybridized carbons (Fsp3) is 0.720. The molecule has 1 saturated heterocycles. The number of carbonyl (C=O) groups excluding carboxylic acids is 1. The van der Waals surface area contributed by atoms with Crippen LogP contribution in [0.2, 0.25) is 18.1 Å². The van der Waals surface area contributed by atoms with Crippen LogP contribution < -0.4 is 0 Å². The van der Waals surface area contributed by atoms with Crippen LogP contribution in [-0.4, -0.2) is 32.1 Å². The molecule has 30 heavy (non-hydrogen) atoms. The van der Waals surface area contributed by atoms with Gasteiger partial charge in [0.1, 0.15) is 5.78 Å². The fourth-order valence-electron chi connectivity index (χ4n) is 5.63. The summed E-state index contributed by atoms with van der Waals surface area (Å²) in [4.78, 5) is 12.8. The molecular weight excluding hydrogens is 392 g/mol. The van der Waals surface area contributed by atoms with Gasteiger partial charge in [-0.3, -0.25) is 4.79 Å². The van der Waals surface area contributed by atoms with Gasteiger partial charge in [0.05, 0.1) is 18.8 Å². The van der Waals surface area contributed by atoms with E-state index in [1.54, 1.807) is 6.92 Å². The van der Waals surface area contributed by atoms with Gasteiger partial charge in [-0.2, -0.15) is 0 Å². The number of ketones is 1. The summed E-state index contributed by atoms with van der Waals surface area (Å²) < 4.78 is 20.0. The van der Waals surface area contributed by atoms with Crippen LogP contribution in [0.3, 0.4) is 0 Å². The average Bonchev–Trinajstić information content (AvgIpc) is 2.98. The Morgan fingerprint density at radius 3 is 2.50 bits per heavy atom. The SMILES string of the molecule is CC(=O)[C@@H]1C[C@]2(O[Si](C)(C)C(C)(C)C)C[C@@H]3[C@H]1[C@H](OCc1ccccc1)CC[C@@H]3O2. The molecular formula is C25H38O4Si. The van der Waals surface area contributed by atoms with Gasteiger partial charge in [-0.05, 0) is 49.4 Å². The Kier molecular flexibility index (Phi) is 5.80. The van der Waals surface area contributed by atoms with Gasteiger partial charge in [0.2, 0.25) is 0 Å². The van der Waals surface area contributed by atoms with Crippen molar-refractivity contribution in [2.75, 3.05) is 0 Å². The van der Waals surface area contributed by atoms with E-state index in [0.29, 0.717) is 18.9 Å². The first kappa shape index (κ1) is 22.2. The third-order valence-corrected chi connectivity index (χ3v) is 12.6. The van der Waals surface area contributed by atoms with Crippen molar-refractivity contribution in [1.29, 1.82) is 0 Å². The number of Topliss-reactive ketones (excluding diaryl/α,β-unsaturated/α-hetero) is 1. The van der Waals surface area contributed by atoms with Crippen molar-refractivity contribution in [2.24, 2.45) is 17.8 Å². The Labute approximate surface area is 182 Å². The second-order valence-electron chi connectivity index (χ2n) is 11.2. The van der Waals surface area contributed by atoms with Crippen LogP contribution in [0.1, 0.15) is 58.9 Å². The first-order chi connectivity index (χ1) is 14.0. The lowest BCUT2D eigenvalue weighted by Gasteiger charge is -2.48. The molecule has 0 radical (unpaired) electrons. The Morgan fingerprint density at radius 2 is 1.87 bits per heavy atom. The van der Waals surface area contributed by atoms with Crippen molar-refractivity contribution < 1.29 is 18.7 Å². The Morgan fingerprint density at radius 1 is 1.17 bits per heavy atom. The van der Waals surface area contributed by atoms with Gasteiger partial charge in [-0.1, -0.05) is 51.1 Å². The highest BCUT2D eigenvalue weighted by molar-refractivity contribution is 6.74. The van der Waals surface area contributed by atoms with Gasteiger partial charge in [-0.25, -0.2) is 0 Å². The molecule has 3 fully saturated rings. The topological polar surface area (TPSA) is 44.8 Å². The maximum atomic E-state index is 12.8. The Balaban J connectivity index is 1.55. The maximum Gasteiger partial charge on any atom is 0.195 e. The number of hydrogen-bond acceptors (Lipinski definition) is 4. The average molecular weight is 431 g/mol. The molecule has 0 amide bonds. The summed E-state index contributed by atoms with van der Waals surface area (Å²) in [7, 11) is -2.01. The number of benzene rings is 1. The summed E-state index contributed by atoms with van der Waals surface area (Å²) in [6.07, 6.45) is 3.85. The van der Waals surface area contributed by atoms with E-state index >= 15 is 0 Å². The van der Waals surface area contributed by atoms with E-state index in [4.69, 9.17) is 13.9 Å². The predicted octanol–water partition coefficient (Wildman–Crippen LogP) is 5.71. The number of rotatable bonds is 6. The highest BCUT2D eigenvalue weighted by Crippen LogP contribution is 2.58. The minimum atomic E-state index is -2.01. The van der Waals surface area contributed by atoms with E-state index in [9.17, 15) is 4.79 Å². The van der Waals surface area contributed by atoms with Crippen molar-refractivity contribution >= 4 is 14.1 Å². The standard InChI is InChI=1S/C25H38O4Si/c1-17(26)19-14-25(29-30(5,6)24(2,3)4)15-20-21(28-25)12-13-22(23(19)20)27-16-18-10-8-7-9-11-18/h7-11,19-23H,12-16H2,1-6H3/t19-,20-,21-,22+,23-,25-/m0/s1. The Hall–Kier alpha value is -1.01. The second kappa shape index (κ2) is 7.84. The highest BCUT2D eigenvalue weighted by atomic mass is 28.4. The molecule has 1 heterocycles. The van der Waals surface area contributed by atoms with Crippen molar-refractivity contribution in [2.45, 2.75) is 96.1 Å². The highest BCUT2D eigenvalue weighted by Gasteiger charge is 2.63. The summed E-state index contributed by atoms with van der Waals surface area (Å²) in [6.45, 7) is 13.7. The molecule has 0 unspecified atom stereocenters. The largest absolute Gasteiger partial charge is 0.390 e. The van der Waals surface area contributed by atoms with Gasteiger partial charge in [0, 0.05) is 24.7 Å². The fourth-order valence-corrected chi connectivity index (χ4v) is 7.08. The van der Waals surface area contributed by atoms with Gasteiger partial charge in [0.15, 0.2) is 14.1 Å². The smallest absolute Gasteiger partial charge is 0.195 e. The monoisotopic (exact) mass is 430 g/mol. The minimum absolute atomic E-state index is 0.0420. The molecule has 1 aromatic rings. The molecule has 3 aliphatic rings.